The number of rotatable bonds is 6. The quantitative estimate of drug-likeness (QED) is 0.725. The molecule has 18 heavy (non-hydrogen) atoms. The molecule has 1 unspecified atom stereocenters. The van der Waals surface area contributed by atoms with Crippen molar-refractivity contribution in [2.45, 2.75) is 44.8 Å². The summed E-state index contributed by atoms with van der Waals surface area (Å²) in [7, 11) is 0. The molecular weight excluding hydrogens is 226 g/mol. The second kappa shape index (κ2) is 6.76. The van der Waals surface area contributed by atoms with Crippen LogP contribution in [0, 0.1) is 5.92 Å². The van der Waals surface area contributed by atoms with Gasteiger partial charge in [0.1, 0.15) is 5.75 Å². The van der Waals surface area contributed by atoms with Gasteiger partial charge in [-0.3, -0.25) is 0 Å². The van der Waals surface area contributed by atoms with Gasteiger partial charge in [-0.2, -0.15) is 0 Å². The van der Waals surface area contributed by atoms with Crippen molar-refractivity contribution >= 4 is 0 Å². The fourth-order valence-electron chi connectivity index (χ4n) is 2.75. The number of hydrogen-bond acceptors (Lipinski definition) is 3. The maximum Gasteiger partial charge on any atom is 0.120 e. The summed E-state index contributed by atoms with van der Waals surface area (Å²) in [5.74, 6) is 1.03. The molecule has 0 saturated heterocycles. The standard InChI is InChI=1S/C15H23NO2/c17-14(9-12-5-1-2-6-12)11-16-10-13-7-3-4-8-15(13)18/h3-4,7-8,12,14,16-18H,1-2,5-6,9-11H2. The third-order valence-corrected chi connectivity index (χ3v) is 3.77. The number of nitrogens with one attached hydrogen (secondary N) is 1. The van der Waals surface area contributed by atoms with Crippen molar-refractivity contribution in [1.29, 1.82) is 0 Å². The molecule has 3 nitrogen and oxygen atoms in total. The Morgan fingerprint density at radius 1 is 1.22 bits per heavy atom. The molecule has 0 aromatic heterocycles. The van der Waals surface area contributed by atoms with Crippen LogP contribution in [-0.4, -0.2) is 22.9 Å². The molecule has 0 radical (unpaired) electrons. The minimum Gasteiger partial charge on any atom is -0.508 e. The summed E-state index contributed by atoms with van der Waals surface area (Å²) in [5, 5.41) is 22.7. The molecule has 100 valence electrons. The first-order valence-corrected chi connectivity index (χ1v) is 6.91. The highest BCUT2D eigenvalue weighted by Gasteiger charge is 2.18. The van der Waals surface area contributed by atoms with E-state index in [0.29, 0.717) is 24.8 Å². The second-order valence-corrected chi connectivity index (χ2v) is 5.30. The lowest BCUT2D eigenvalue weighted by molar-refractivity contribution is 0.140. The molecule has 1 atom stereocenters. The Hall–Kier alpha value is -1.06. The van der Waals surface area contributed by atoms with E-state index in [1.165, 1.54) is 25.7 Å². The topological polar surface area (TPSA) is 52.5 Å². The molecule has 0 aliphatic heterocycles. The second-order valence-electron chi connectivity index (χ2n) is 5.30. The highest BCUT2D eigenvalue weighted by atomic mass is 16.3. The first-order chi connectivity index (χ1) is 8.75. The van der Waals surface area contributed by atoms with Crippen molar-refractivity contribution < 1.29 is 10.2 Å². The van der Waals surface area contributed by atoms with Crippen LogP contribution in [0.3, 0.4) is 0 Å². The lowest BCUT2D eigenvalue weighted by Crippen LogP contribution is -2.27. The van der Waals surface area contributed by atoms with Crippen LogP contribution in [0.15, 0.2) is 24.3 Å². The summed E-state index contributed by atoms with van der Waals surface area (Å²) >= 11 is 0. The molecule has 1 aliphatic carbocycles. The Kier molecular flexibility index (Phi) is 5.02. The van der Waals surface area contributed by atoms with E-state index < -0.39 is 0 Å². The van der Waals surface area contributed by atoms with Crippen LogP contribution in [0.5, 0.6) is 5.75 Å². The van der Waals surface area contributed by atoms with Crippen molar-refractivity contribution in [2.75, 3.05) is 6.54 Å². The highest BCUT2D eigenvalue weighted by molar-refractivity contribution is 5.31. The first kappa shape index (κ1) is 13.4. The van der Waals surface area contributed by atoms with Gasteiger partial charge in [0.15, 0.2) is 0 Å². The number of aliphatic hydroxyl groups is 1. The fourth-order valence-corrected chi connectivity index (χ4v) is 2.75. The van der Waals surface area contributed by atoms with E-state index in [-0.39, 0.29) is 6.10 Å². The predicted molar refractivity (Wildman–Crippen MR) is 72.4 cm³/mol. The molecule has 0 spiro atoms. The highest BCUT2D eigenvalue weighted by Crippen LogP contribution is 2.28. The van der Waals surface area contributed by atoms with Gasteiger partial charge in [0.25, 0.3) is 0 Å². The van der Waals surface area contributed by atoms with Gasteiger partial charge < -0.3 is 15.5 Å². The first-order valence-electron chi connectivity index (χ1n) is 6.91. The molecule has 0 amide bonds. The van der Waals surface area contributed by atoms with Crippen molar-refractivity contribution in [3.05, 3.63) is 29.8 Å². The molecule has 3 heteroatoms. The van der Waals surface area contributed by atoms with Crippen molar-refractivity contribution in [3.8, 4) is 5.75 Å². The molecular formula is C15H23NO2. The molecule has 1 aromatic carbocycles. The van der Waals surface area contributed by atoms with E-state index in [1.54, 1.807) is 6.07 Å². The maximum atomic E-state index is 9.93. The zero-order valence-corrected chi connectivity index (χ0v) is 10.8. The molecule has 0 heterocycles. The average Bonchev–Trinajstić information content (AvgIpc) is 2.84. The minimum absolute atomic E-state index is 0.265. The summed E-state index contributed by atoms with van der Waals surface area (Å²) in [4.78, 5) is 0. The lowest BCUT2D eigenvalue weighted by Gasteiger charge is -2.16. The Balaban J connectivity index is 1.67. The van der Waals surface area contributed by atoms with Crippen LogP contribution >= 0.6 is 0 Å². The van der Waals surface area contributed by atoms with Crippen LogP contribution in [0.1, 0.15) is 37.7 Å². The Morgan fingerprint density at radius 2 is 1.94 bits per heavy atom. The molecule has 1 aromatic rings. The van der Waals surface area contributed by atoms with E-state index in [4.69, 9.17) is 0 Å². The van der Waals surface area contributed by atoms with Crippen LogP contribution in [0.2, 0.25) is 0 Å². The normalized spacial score (nSPS) is 18.1. The predicted octanol–water partition coefficient (Wildman–Crippen LogP) is 2.42. The Bertz CT molecular complexity index is 361. The Labute approximate surface area is 109 Å². The van der Waals surface area contributed by atoms with Gasteiger partial charge in [0.05, 0.1) is 6.10 Å². The number of benzene rings is 1. The van der Waals surface area contributed by atoms with Gasteiger partial charge in [0.2, 0.25) is 0 Å². The summed E-state index contributed by atoms with van der Waals surface area (Å²) in [6.45, 7) is 1.21. The third-order valence-electron chi connectivity index (χ3n) is 3.77. The summed E-state index contributed by atoms with van der Waals surface area (Å²) in [6.07, 6.45) is 5.84. The van der Waals surface area contributed by atoms with Crippen LogP contribution in [-0.2, 0) is 6.54 Å². The number of para-hydroxylation sites is 1. The van der Waals surface area contributed by atoms with E-state index in [2.05, 4.69) is 5.32 Å². The molecule has 2 rings (SSSR count). The van der Waals surface area contributed by atoms with Crippen LogP contribution in [0.25, 0.3) is 0 Å². The number of hydrogen-bond donors (Lipinski definition) is 3. The molecule has 1 fully saturated rings. The van der Waals surface area contributed by atoms with Gasteiger partial charge in [-0.1, -0.05) is 43.9 Å². The number of phenols is 1. The summed E-state index contributed by atoms with van der Waals surface area (Å²) in [6, 6.07) is 7.30. The minimum atomic E-state index is -0.265. The van der Waals surface area contributed by atoms with Gasteiger partial charge >= 0.3 is 0 Å². The fraction of sp³-hybridized carbons (Fsp3) is 0.600. The summed E-state index contributed by atoms with van der Waals surface area (Å²) in [5.41, 5.74) is 0.880. The van der Waals surface area contributed by atoms with Gasteiger partial charge in [-0.05, 0) is 18.4 Å². The average molecular weight is 249 g/mol. The van der Waals surface area contributed by atoms with E-state index >= 15 is 0 Å². The third kappa shape index (κ3) is 4.00. The van der Waals surface area contributed by atoms with Crippen LogP contribution < -0.4 is 5.32 Å². The van der Waals surface area contributed by atoms with Crippen molar-refractivity contribution in [3.63, 3.8) is 0 Å². The van der Waals surface area contributed by atoms with E-state index in [9.17, 15) is 10.2 Å². The maximum absolute atomic E-state index is 9.93. The van der Waals surface area contributed by atoms with Crippen molar-refractivity contribution in [2.24, 2.45) is 5.92 Å². The van der Waals surface area contributed by atoms with Gasteiger partial charge in [-0.15, -0.1) is 0 Å². The zero-order valence-electron chi connectivity index (χ0n) is 10.8. The number of aliphatic hydroxyl groups excluding tert-OH is 1. The molecule has 1 saturated carbocycles. The van der Waals surface area contributed by atoms with Gasteiger partial charge in [-0.25, -0.2) is 0 Å². The zero-order chi connectivity index (χ0) is 12.8. The molecule has 3 N–H and O–H groups in total. The SMILES string of the molecule is Oc1ccccc1CNCC(O)CC1CCCC1. The van der Waals surface area contributed by atoms with Crippen molar-refractivity contribution in [1.82, 2.24) is 5.32 Å². The van der Waals surface area contributed by atoms with E-state index in [0.717, 1.165) is 12.0 Å². The Morgan fingerprint density at radius 3 is 2.67 bits per heavy atom. The lowest BCUT2D eigenvalue weighted by atomic mass is 10.00. The smallest absolute Gasteiger partial charge is 0.120 e. The number of aromatic hydroxyl groups is 1. The van der Waals surface area contributed by atoms with Crippen LogP contribution in [0.4, 0.5) is 0 Å². The van der Waals surface area contributed by atoms with Gasteiger partial charge in [0, 0.05) is 18.7 Å². The monoisotopic (exact) mass is 249 g/mol. The van der Waals surface area contributed by atoms with E-state index in [1.807, 2.05) is 18.2 Å². The molecule has 1 aliphatic rings. The largest absolute Gasteiger partial charge is 0.508 e. The molecule has 0 bridgehead atoms. The number of phenolic OH excluding ortho intramolecular Hbond substituents is 1. The summed E-state index contributed by atoms with van der Waals surface area (Å²) < 4.78 is 0.